The molecule has 1 aromatic carbocycles. The lowest BCUT2D eigenvalue weighted by atomic mass is 10.2. The van der Waals surface area contributed by atoms with E-state index in [4.69, 9.17) is 11.6 Å². The van der Waals surface area contributed by atoms with Crippen molar-refractivity contribution in [2.24, 2.45) is 0 Å². The molecule has 22 heavy (non-hydrogen) atoms. The average molecular weight is 324 g/mol. The molecule has 1 aliphatic heterocycles. The zero-order valence-electron chi connectivity index (χ0n) is 13.0. The van der Waals surface area contributed by atoms with Crippen LogP contribution in [0.2, 0.25) is 5.02 Å². The highest BCUT2D eigenvalue weighted by Gasteiger charge is 2.34. The first-order chi connectivity index (χ1) is 10.5. The van der Waals surface area contributed by atoms with Crippen LogP contribution in [-0.2, 0) is 9.59 Å². The fourth-order valence-corrected chi connectivity index (χ4v) is 2.91. The largest absolute Gasteiger partial charge is 0.343 e. The van der Waals surface area contributed by atoms with Gasteiger partial charge in [-0.1, -0.05) is 30.7 Å². The number of benzene rings is 1. The van der Waals surface area contributed by atoms with E-state index in [0.29, 0.717) is 30.2 Å². The quantitative estimate of drug-likeness (QED) is 0.870. The van der Waals surface area contributed by atoms with E-state index in [9.17, 15) is 9.59 Å². The van der Waals surface area contributed by atoms with Gasteiger partial charge in [0.15, 0.2) is 0 Å². The first-order valence-electron chi connectivity index (χ1n) is 7.56. The van der Waals surface area contributed by atoms with Gasteiger partial charge in [-0.05, 0) is 38.6 Å². The van der Waals surface area contributed by atoms with Crippen LogP contribution in [0.3, 0.4) is 0 Å². The number of amides is 2. The Morgan fingerprint density at radius 2 is 2.18 bits per heavy atom. The minimum Gasteiger partial charge on any atom is -0.343 e. The second-order valence-electron chi connectivity index (χ2n) is 5.59. The Balaban J connectivity index is 1.94. The van der Waals surface area contributed by atoms with Crippen molar-refractivity contribution in [2.45, 2.75) is 25.8 Å². The summed E-state index contributed by atoms with van der Waals surface area (Å²) in [5, 5.41) is 3.37. The standard InChI is InChI=1S/C16H22ClN3O2/c1-3-9-19(2)11-15(21)18-13-8-10-20(16(13)22)14-7-5-4-6-12(14)17/h4-7,13H,3,8-11H2,1-2H3,(H,18,21)/t13-/m1/s1. The maximum atomic E-state index is 12.4. The number of hydrogen-bond acceptors (Lipinski definition) is 3. The van der Waals surface area contributed by atoms with Gasteiger partial charge in [0.1, 0.15) is 6.04 Å². The summed E-state index contributed by atoms with van der Waals surface area (Å²) >= 11 is 6.14. The van der Waals surface area contributed by atoms with Crippen LogP contribution in [0.25, 0.3) is 0 Å². The van der Waals surface area contributed by atoms with Gasteiger partial charge in [0.05, 0.1) is 17.3 Å². The number of halogens is 1. The van der Waals surface area contributed by atoms with Crippen LogP contribution < -0.4 is 10.2 Å². The Morgan fingerprint density at radius 3 is 2.86 bits per heavy atom. The van der Waals surface area contributed by atoms with Crippen LogP contribution in [0.4, 0.5) is 5.69 Å². The highest BCUT2D eigenvalue weighted by molar-refractivity contribution is 6.34. The van der Waals surface area contributed by atoms with Crippen LogP contribution >= 0.6 is 11.6 Å². The molecule has 0 saturated carbocycles. The first-order valence-corrected chi connectivity index (χ1v) is 7.94. The van der Waals surface area contributed by atoms with Gasteiger partial charge in [0.25, 0.3) is 0 Å². The van der Waals surface area contributed by atoms with Crippen molar-refractivity contribution in [3.63, 3.8) is 0 Å². The number of nitrogens with one attached hydrogen (secondary N) is 1. The van der Waals surface area contributed by atoms with Gasteiger partial charge in [-0.25, -0.2) is 0 Å². The SMILES string of the molecule is CCCN(C)CC(=O)N[C@@H]1CCN(c2ccccc2Cl)C1=O. The molecule has 0 aromatic heterocycles. The third-order valence-electron chi connectivity index (χ3n) is 3.70. The molecule has 0 unspecified atom stereocenters. The van der Waals surface area contributed by atoms with E-state index in [1.165, 1.54) is 0 Å². The summed E-state index contributed by atoms with van der Waals surface area (Å²) in [4.78, 5) is 28.0. The van der Waals surface area contributed by atoms with Crippen molar-refractivity contribution in [3.8, 4) is 0 Å². The van der Waals surface area contributed by atoms with Crippen molar-refractivity contribution in [1.29, 1.82) is 0 Å². The van der Waals surface area contributed by atoms with E-state index in [1.807, 2.05) is 30.1 Å². The molecule has 1 atom stereocenters. The molecule has 0 bridgehead atoms. The molecule has 5 nitrogen and oxygen atoms in total. The lowest BCUT2D eigenvalue weighted by molar-refractivity contribution is -0.127. The third-order valence-corrected chi connectivity index (χ3v) is 4.02. The van der Waals surface area contributed by atoms with E-state index in [0.717, 1.165) is 13.0 Å². The average Bonchev–Trinajstić information content (AvgIpc) is 2.81. The smallest absolute Gasteiger partial charge is 0.249 e. The second kappa shape index (κ2) is 7.61. The molecule has 1 saturated heterocycles. The molecule has 1 heterocycles. The zero-order chi connectivity index (χ0) is 16.1. The number of para-hydroxylation sites is 1. The molecule has 120 valence electrons. The van der Waals surface area contributed by atoms with Gasteiger partial charge in [-0.15, -0.1) is 0 Å². The second-order valence-corrected chi connectivity index (χ2v) is 6.00. The predicted molar refractivity (Wildman–Crippen MR) is 88.1 cm³/mol. The van der Waals surface area contributed by atoms with E-state index >= 15 is 0 Å². The number of carbonyl (C=O) groups excluding carboxylic acids is 2. The van der Waals surface area contributed by atoms with Crippen molar-refractivity contribution in [1.82, 2.24) is 10.2 Å². The summed E-state index contributed by atoms with van der Waals surface area (Å²) < 4.78 is 0. The number of likely N-dealkylation sites (N-methyl/N-ethyl adjacent to an activating group) is 1. The third kappa shape index (κ3) is 3.99. The molecule has 0 aliphatic carbocycles. The molecule has 1 fully saturated rings. The fraction of sp³-hybridized carbons (Fsp3) is 0.500. The van der Waals surface area contributed by atoms with Gasteiger partial charge in [0, 0.05) is 6.54 Å². The number of rotatable bonds is 6. The molecule has 2 amide bonds. The minimum atomic E-state index is -0.459. The predicted octanol–water partition coefficient (Wildman–Crippen LogP) is 1.90. The van der Waals surface area contributed by atoms with E-state index in [2.05, 4.69) is 12.2 Å². The molecular weight excluding hydrogens is 302 g/mol. The van der Waals surface area contributed by atoms with E-state index in [-0.39, 0.29) is 11.8 Å². The normalized spacial score (nSPS) is 18.1. The molecule has 1 aliphatic rings. The van der Waals surface area contributed by atoms with Gasteiger partial charge in [-0.3, -0.25) is 14.5 Å². The molecule has 2 rings (SSSR count). The van der Waals surface area contributed by atoms with Crippen molar-refractivity contribution in [2.75, 3.05) is 31.6 Å². The van der Waals surface area contributed by atoms with Crippen molar-refractivity contribution >= 4 is 29.1 Å². The highest BCUT2D eigenvalue weighted by atomic mass is 35.5. The van der Waals surface area contributed by atoms with Gasteiger partial charge < -0.3 is 10.2 Å². The van der Waals surface area contributed by atoms with Crippen LogP contribution in [0, 0.1) is 0 Å². The Hall–Kier alpha value is -1.59. The summed E-state index contributed by atoms with van der Waals surface area (Å²) in [6, 6.07) is 6.80. The Labute approximate surface area is 136 Å². The zero-order valence-corrected chi connectivity index (χ0v) is 13.8. The minimum absolute atomic E-state index is 0.0976. The summed E-state index contributed by atoms with van der Waals surface area (Å²) in [7, 11) is 1.90. The number of carbonyl (C=O) groups is 2. The lowest BCUT2D eigenvalue weighted by Crippen LogP contribution is -2.45. The van der Waals surface area contributed by atoms with E-state index < -0.39 is 6.04 Å². The van der Waals surface area contributed by atoms with Gasteiger partial charge in [-0.2, -0.15) is 0 Å². The maximum absolute atomic E-state index is 12.4. The van der Waals surface area contributed by atoms with Crippen LogP contribution in [0.1, 0.15) is 19.8 Å². The van der Waals surface area contributed by atoms with Crippen LogP contribution in [0.5, 0.6) is 0 Å². The number of anilines is 1. The fourth-order valence-electron chi connectivity index (χ4n) is 2.67. The summed E-state index contributed by atoms with van der Waals surface area (Å²) in [6.07, 6.45) is 1.60. The molecule has 0 spiro atoms. The Kier molecular flexibility index (Phi) is 5.80. The van der Waals surface area contributed by atoms with Crippen LogP contribution in [-0.4, -0.2) is 49.4 Å². The molecule has 1 N–H and O–H groups in total. The lowest BCUT2D eigenvalue weighted by Gasteiger charge is -2.19. The van der Waals surface area contributed by atoms with Crippen molar-refractivity contribution in [3.05, 3.63) is 29.3 Å². The molecule has 6 heteroatoms. The molecular formula is C16H22ClN3O2. The summed E-state index contributed by atoms with van der Waals surface area (Å²) in [6.45, 7) is 3.80. The molecule has 0 radical (unpaired) electrons. The Morgan fingerprint density at radius 1 is 1.45 bits per heavy atom. The Bertz CT molecular complexity index is 550. The van der Waals surface area contributed by atoms with E-state index in [1.54, 1.807) is 11.0 Å². The molecule has 1 aromatic rings. The topological polar surface area (TPSA) is 52.7 Å². The van der Waals surface area contributed by atoms with Crippen molar-refractivity contribution < 1.29 is 9.59 Å². The first kappa shape index (κ1) is 16.8. The number of nitrogens with zero attached hydrogens (tertiary/aromatic N) is 2. The monoisotopic (exact) mass is 323 g/mol. The highest BCUT2D eigenvalue weighted by Crippen LogP contribution is 2.28. The summed E-state index contributed by atoms with van der Waals surface area (Å²) in [5.41, 5.74) is 0.703. The van der Waals surface area contributed by atoms with Gasteiger partial charge in [0.2, 0.25) is 11.8 Å². The summed E-state index contributed by atoms with van der Waals surface area (Å²) in [5.74, 6) is -0.213. The van der Waals surface area contributed by atoms with Gasteiger partial charge >= 0.3 is 0 Å². The van der Waals surface area contributed by atoms with Crippen LogP contribution in [0.15, 0.2) is 24.3 Å². The maximum Gasteiger partial charge on any atom is 0.249 e. The number of hydrogen-bond donors (Lipinski definition) is 1.